The van der Waals surface area contributed by atoms with Gasteiger partial charge in [0.05, 0.1) is 0 Å². The molecule has 2 aliphatic rings. The molecule has 3 heterocycles. The Labute approximate surface area is 211 Å². The van der Waals surface area contributed by atoms with Crippen LogP contribution < -0.4 is 5.73 Å². The van der Waals surface area contributed by atoms with Crippen molar-refractivity contribution in [1.82, 2.24) is 14.9 Å². The van der Waals surface area contributed by atoms with Crippen molar-refractivity contribution >= 4 is 35.4 Å². The number of allylic oxidation sites excluding steroid dienone is 1. The minimum Gasteiger partial charge on any atom is -0.448 e. The number of rotatable bonds is 7. The Morgan fingerprint density at radius 1 is 1.06 bits per heavy atom. The molecular formula is C26H22N4O3S2. The number of hydrogen-bond donors (Lipinski definition) is 1. The van der Waals surface area contributed by atoms with Crippen LogP contribution in [-0.4, -0.2) is 43.9 Å². The quantitative estimate of drug-likeness (QED) is 0.225. The summed E-state index contributed by atoms with van der Waals surface area (Å²) in [6.45, 7) is 0. The first kappa shape index (κ1) is 23.3. The van der Waals surface area contributed by atoms with E-state index in [-0.39, 0.29) is 17.0 Å². The predicted molar refractivity (Wildman–Crippen MR) is 136 cm³/mol. The van der Waals surface area contributed by atoms with Gasteiger partial charge in [-0.2, -0.15) is 0 Å². The van der Waals surface area contributed by atoms with E-state index < -0.39 is 18.1 Å². The van der Waals surface area contributed by atoms with Crippen molar-refractivity contribution in [3.8, 4) is 0 Å². The number of amides is 1. The molecule has 0 radical (unpaired) electrons. The first-order valence-corrected chi connectivity index (χ1v) is 12.9. The molecule has 3 aromatic rings. The molecule has 1 amide bonds. The molecule has 1 aromatic heterocycles. The van der Waals surface area contributed by atoms with Gasteiger partial charge < -0.3 is 10.5 Å². The molecule has 0 aliphatic carbocycles. The molecule has 2 N–H and O–H groups in total. The van der Waals surface area contributed by atoms with Crippen molar-refractivity contribution in [2.45, 2.75) is 22.7 Å². The number of aromatic nitrogens is 2. The lowest BCUT2D eigenvalue weighted by molar-refractivity contribution is -0.153. The lowest BCUT2D eigenvalue weighted by atomic mass is 10.0. The average Bonchev–Trinajstić information content (AvgIpc) is 2.92. The Balaban J connectivity index is 1.47. The van der Waals surface area contributed by atoms with Gasteiger partial charge in [0, 0.05) is 18.1 Å². The van der Waals surface area contributed by atoms with Crippen molar-refractivity contribution in [2.24, 2.45) is 5.73 Å². The number of thioether (sulfide) groups is 2. The van der Waals surface area contributed by atoms with E-state index in [1.807, 2.05) is 72.1 Å². The topological polar surface area (TPSA) is 98.4 Å². The smallest absolute Gasteiger partial charge is 0.356 e. The predicted octanol–water partition coefficient (Wildman–Crippen LogP) is 3.91. The van der Waals surface area contributed by atoms with Gasteiger partial charge in [-0.3, -0.25) is 9.69 Å². The number of carbonyl (C=O) groups is 2. The van der Waals surface area contributed by atoms with Crippen LogP contribution in [0.25, 0.3) is 0 Å². The van der Waals surface area contributed by atoms with E-state index in [4.69, 9.17) is 10.5 Å². The first-order valence-electron chi connectivity index (χ1n) is 11.0. The summed E-state index contributed by atoms with van der Waals surface area (Å²) in [5.41, 5.74) is 8.64. The van der Waals surface area contributed by atoms with Crippen molar-refractivity contribution in [1.29, 1.82) is 0 Å². The molecule has 1 fully saturated rings. The molecule has 1 unspecified atom stereocenters. The second kappa shape index (κ2) is 10.5. The fourth-order valence-corrected chi connectivity index (χ4v) is 5.79. The van der Waals surface area contributed by atoms with Gasteiger partial charge in [0.15, 0.2) is 11.3 Å². The summed E-state index contributed by atoms with van der Waals surface area (Å²) in [7, 11) is 0. The van der Waals surface area contributed by atoms with Crippen LogP contribution in [0.4, 0.5) is 0 Å². The van der Waals surface area contributed by atoms with Gasteiger partial charge in [0.25, 0.3) is 0 Å². The van der Waals surface area contributed by atoms with Crippen LogP contribution in [0.2, 0.25) is 0 Å². The zero-order chi connectivity index (χ0) is 24.2. The van der Waals surface area contributed by atoms with Gasteiger partial charge in [-0.05, 0) is 34.3 Å². The zero-order valence-corrected chi connectivity index (χ0v) is 20.2. The van der Waals surface area contributed by atoms with Crippen LogP contribution in [0, 0.1) is 0 Å². The van der Waals surface area contributed by atoms with Crippen molar-refractivity contribution in [3.05, 3.63) is 113 Å². The molecule has 7 nitrogen and oxygen atoms in total. The van der Waals surface area contributed by atoms with Crippen LogP contribution in [0.5, 0.6) is 0 Å². The molecule has 0 saturated carbocycles. The van der Waals surface area contributed by atoms with Crippen molar-refractivity contribution < 1.29 is 14.3 Å². The van der Waals surface area contributed by atoms with Crippen LogP contribution in [-0.2, 0) is 14.3 Å². The van der Waals surface area contributed by atoms with E-state index in [0.717, 1.165) is 11.1 Å². The fourth-order valence-electron chi connectivity index (χ4n) is 3.93. The van der Waals surface area contributed by atoms with Gasteiger partial charge in [-0.15, -0.1) is 11.8 Å². The SMILES string of the molecule is NC1C(=O)N2C(C(=O)OC(c3ccccc3)c3ccccc3)=C(C=CSc3ncccn3)CS[C@H]12. The Kier molecular flexibility index (Phi) is 6.98. The molecule has 176 valence electrons. The molecule has 35 heavy (non-hydrogen) atoms. The van der Waals surface area contributed by atoms with Gasteiger partial charge in [0.1, 0.15) is 17.1 Å². The molecule has 2 atom stereocenters. The molecule has 2 aromatic carbocycles. The molecule has 5 rings (SSSR count). The standard InChI is InChI=1S/C26H22N4O3S2/c27-20-23(31)30-21(19(16-35-24(20)30)12-15-34-26-28-13-7-14-29-26)25(32)33-22(17-8-3-1-4-9-17)18-10-5-2-6-11-18/h1-15,20,22,24H,16,27H2/t20?,24-/m1/s1. The fraction of sp³-hybridized carbons (Fsp3) is 0.154. The Morgan fingerprint density at radius 2 is 1.69 bits per heavy atom. The third kappa shape index (κ3) is 4.88. The molecule has 0 bridgehead atoms. The summed E-state index contributed by atoms with van der Waals surface area (Å²) < 4.78 is 6.09. The second-order valence-corrected chi connectivity index (χ2v) is 9.85. The van der Waals surface area contributed by atoms with E-state index in [2.05, 4.69) is 9.97 Å². The largest absolute Gasteiger partial charge is 0.448 e. The molecule has 0 spiro atoms. The summed E-state index contributed by atoms with van der Waals surface area (Å²) in [5.74, 6) is -0.315. The molecule has 1 saturated heterocycles. The highest BCUT2D eigenvalue weighted by molar-refractivity contribution is 8.02. The maximum atomic E-state index is 13.7. The Hall–Kier alpha value is -3.40. The normalized spacial score (nSPS) is 19.6. The number of ether oxygens (including phenoxy) is 1. The number of nitrogens with zero attached hydrogens (tertiary/aromatic N) is 3. The number of benzene rings is 2. The van der Waals surface area contributed by atoms with Crippen molar-refractivity contribution in [3.63, 3.8) is 0 Å². The number of carbonyl (C=O) groups excluding carboxylic acids is 2. The summed E-state index contributed by atoms with van der Waals surface area (Å²) in [5, 5.41) is 2.12. The number of hydrogen-bond acceptors (Lipinski definition) is 8. The summed E-state index contributed by atoms with van der Waals surface area (Å²) >= 11 is 2.87. The van der Waals surface area contributed by atoms with E-state index in [0.29, 0.717) is 16.5 Å². The third-order valence-electron chi connectivity index (χ3n) is 5.65. The van der Waals surface area contributed by atoms with Crippen LogP contribution in [0.3, 0.4) is 0 Å². The average molecular weight is 503 g/mol. The highest BCUT2D eigenvalue weighted by Gasteiger charge is 2.52. The van der Waals surface area contributed by atoms with E-state index in [1.54, 1.807) is 18.5 Å². The van der Waals surface area contributed by atoms with Crippen molar-refractivity contribution in [2.75, 3.05) is 5.75 Å². The summed E-state index contributed by atoms with van der Waals surface area (Å²) in [4.78, 5) is 36.2. The Morgan fingerprint density at radius 3 is 2.31 bits per heavy atom. The van der Waals surface area contributed by atoms with Gasteiger partial charge in [0.2, 0.25) is 5.91 Å². The molecule has 2 aliphatic heterocycles. The van der Waals surface area contributed by atoms with Gasteiger partial charge >= 0.3 is 5.97 Å². The van der Waals surface area contributed by atoms with Crippen LogP contribution >= 0.6 is 23.5 Å². The van der Waals surface area contributed by atoms with E-state index in [1.165, 1.54) is 28.4 Å². The van der Waals surface area contributed by atoms with Gasteiger partial charge in [-0.1, -0.05) is 72.4 Å². The second-order valence-electron chi connectivity index (χ2n) is 7.87. The minimum absolute atomic E-state index is 0.239. The number of esters is 1. The van der Waals surface area contributed by atoms with Gasteiger partial charge in [-0.25, -0.2) is 14.8 Å². The van der Waals surface area contributed by atoms with E-state index in [9.17, 15) is 9.59 Å². The monoisotopic (exact) mass is 502 g/mol. The minimum atomic E-state index is -0.625. The number of fused-ring (bicyclic) bond motifs is 1. The summed E-state index contributed by atoms with van der Waals surface area (Å²) in [6, 6.07) is 20.2. The number of β-lactam (4-membered cyclic amide) rings is 1. The molecular weight excluding hydrogens is 480 g/mol. The summed E-state index contributed by atoms with van der Waals surface area (Å²) in [6.07, 6.45) is 4.53. The third-order valence-corrected chi connectivity index (χ3v) is 7.66. The zero-order valence-electron chi connectivity index (χ0n) is 18.6. The highest BCUT2D eigenvalue weighted by atomic mass is 32.2. The maximum Gasteiger partial charge on any atom is 0.356 e. The molecule has 9 heteroatoms. The lowest BCUT2D eigenvalue weighted by Crippen LogP contribution is -2.68. The Bertz CT molecular complexity index is 1230. The highest BCUT2D eigenvalue weighted by Crippen LogP contribution is 2.41. The van der Waals surface area contributed by atoms with E-state index >= 15 is 0 Å². The number of nitrogens with two attached hydrogens (primary N) is 1. The maximum absolute atomic E-state index is 13.7. The first-order chi connectivity index (χ1) is 17.1. The van der Waals surface area contributed by atoms with Crippen LogP contribution in [0.1, 0.15) is 17.2 Å². The lowest BCUT2D eigenvalue weighted by Gasteiger charge is -2.48. The van der Waals surface area contributed by atoms with Crippen LogP contribution in [0.15, 0.2) is 107 Å².